The van der Waals surface area contributed by atoms with Gasteiger partial charge in [-0.15, -0.1) is 10.2 Å². The number of hydrogen-bond acceptors (Lipinski definition) is 8. The highest BCUT2D eigenvalue weighted by molar-refractivity contribution is 9.10. The monoisotopic (exact) mass is 536 g/mol. The lowest BCUT2D eigenvalue weighted by molar-refractivity contribution is -0.118. The number of carbonyl (C=O) groups is 2. The topological polar surface area (TPSA) is 102 Å². The Hall–Kier alpha value is -2.63. The number of aromatic nitrogens is 2. The van der Waals surface area contributed by atoms with Crippen molar-refractivity contribution in [1.29, 1.82) is 0 Å². The van der Waals surface area contributed by atoms with Gasteiger partial charge in [-0.25, -0.2) is 0 Å². The molecule has 32 heavy (non-hydrogen) atoms. The fourth-order valence-electron chi connectivity index (χ4n) is 2.69. The lowest BCUT2D eigenvalue weighted by Gasteiger charge is -2.10. The molecule has 3 aromatic rings. The summed E-state index contributed by atoms with van der Waals surface area (Å²) in [4.78, 5) is 24.5. The van der Waals surface area contributed by atoms with Crippen LogP contribution >= 0.6 is 39.0 Å². The van der Waals surface area contributed by atoms with Crippen LogP contribution in [0.4, 0.5) is 5.13 Å². The Labute approximate surface area is 202 Å². The van der Waals surface area contributed by atoms with Crippen molar-refractivity contribution in [1.82, 2.24) is 15.5 Å². The number of nitrogens with zero attached hydrogens (tertiary/aromatic N) is 2. The molecule has 2 N–H and O–H groups in total. The third kappa shape index (κ3) is 6.68. The Morgan fingerprint density at radius 3 is 2.62 bits per heavy atom. The van der Waals surface area contributed by atoms with E-state index in [1.54, 1.807) is 32.4 Å². The van der Waals surface area contributed by atoms with Gasteiger partial charge in [-0.1, -0.05) is 41.3 Å². The molecule has 0 aliphatic carbocycles. The van der Waals surface area contributed by atoms with Crippen LogP contribution in [-0.4, -0.2) is 48.5 Å². The third-order valence-corrected chi connectivity index (χ3v) is 6.92. The van der Waals surface area contributed by atoms with Gasteiger partial charge in [0.1, 0.15) is 0 Å². The van der Waals surface area contributed by atoms with E-state index in [0.29, 0.717) is 44.0 Å². The second-order valence-electron chi connectivity index (χ2n) is 6.39. The fraction of sp³-hybridized carbons (Fsp3) is 0.238. The summed E-state index contributed by atoms with van der Waals surface area (Å²) >= 11 is 5.84. The van der Waals surface area contributed by atoms with Gasteiger partial charge in [0.2, 0.25) is 11.0 Å². The van der Waals surface area contributed by atoms with Crippen LogP contribution < -0.4 is 20.1 Å². The van der Waals surface area contributed by atoms with Crippen molar-refractivity contribution in [3.8, 4) is 11.5 Å². The third-order valence-electron chi connectivity index (χ3n) is 4.26. The average molecular weight is 537 g/mol. The summed E-state index contributed by atoms with van der Waals surface area (Å²) in [6, 6.07) is 12.8. The van der Waals surface area contributed by atoms with Gasteiger partial charge in [-0.3, -0.25) is 14.9 Å². The first-order valence-corrected chi connectivity index (χ1v) is 12.1. The zero-order valence-corrected chi connectivity index (χ0v) is 20.6. The number of ether oxygens (including phenoxy) is 2. The van der Waals surface area contributed by atoms with Crippen molar-refractivity contribution in [3.63, 3.8) is 0 Å². The van der Waals surface area contributed by atoms with Crippen molar-refractivity contribution in [2.75, 3.05) is 31.8 Å². The van der Waals surface area contributed by atoms with Crippen molar-refractivity contribution in [2.24, 2.45) is 0 Å². The molecule has 0 fully saturated rings. The summed E-state index contributed by atoms with van der Waals surface area (Å²) in [6.45, 7) is 0.498. The molecule has 0 aliphatic rings. The van der Waals surface area contributed by atoms with E-state index in [1.165, 1.54) is 23.1 Å². The molecule has 0 unspecified atom stereocenters. The number of methoxy groups -OCH3 is 2. The minimum atomic E-state index is -0.280. The molecule has 3 rings (SSSR count). The number of thioether (sulfide) groups is 1. The van der Waals surface area contributed by atoms with Gasteiger partial charge in [0.05, 0.1) is 25.5 Å². The van der Waals surface area contributed by atoms with Gasteiger partial charge in [0.15, 0.2) is 15.8 Å². The maximum Gasteiger partial charge on any atom is 0.258 e. The van der Waals surface area contributed by atoms with Crippen LogP contribution in [0.25, 0.3) is 0 Å². The number of carbonyl (C=O) groups excluding carboxylic acids is 2. The number of nitrogens with one attached hydrogen (secondary N) is 2. The standard InChI is InChI=1S/C21H21BrN4O4S2/c1-29-16-8-7-13(11-17(16)30-2)9-10-23-18(27)12-31-21-26-25-20(32-21)24-19(28)14-5-3-4-6-15(14)22/h3-8,11H,9-10,12H2,1-2H3,(H,23,27)(H,24,25,28). The number of amides is 2. The Kier molecular flexibility index (Phi) is 8.89. The van der Waals surface area contributed by atoms with Gasteiger partial charge in [-0.05, 0) is 52.2 Å². The van der Waals surface area contributed by atoms with Gasteiger partial charge in [0, 0.05) is 11.0 Å². The normalized spacial score (nSPS) is 10.5. The molecule has 1 heterocycles. The summed E-state index contributed by atoms with van der Waals surface area (Å²) in [7, 11) is 3.18. The highest BCUT2D eigenvalue weighted by atomic mass is 79.9. The second-order valence-corrected chi connectivity index (χ2v) is 9.44. The predicted octanol–water partition coefficient (Wildman–Crippen LogP) is 4.02. The van der Waals surface area contributed by atoms with Crippen LogP contribution in [0.2, 0.25) is 0 Å². The Bertz CT molecular complexity index is 1090. The SMILES string of the molecule is COc1ccc(CCNC(=O)CSc2nnc(NC(=O)c3ccccc3Br)s2)cc1OC. The van der Waals surface area contributed by atoms with Gasteiger partial charge in [0.25, 0.3) is 5.91 Å². The number of halogens is 1. The van der Waals surface area contributed by atoms with E-state index in [0.717, 1.165) is 5.56 Å². The Morgan fingerprint density at radius 2 is 1.88 bits per heavy atom. The van der Waals surface area contributed by atoms with E-state index >= 15 is 0 Å². The van der Waals surface area contributed by atoms with Crippen molar-refractivity contribution in [2.45, 2.75) is 10.8 Å². The van der Waals surface area contributed by atoms with Crippen LogP contribution in [0.3, 0.4) is 0 Å². The van der Waals surface area contributed by atoms with Crippen LogP contribution in [0.5, 0.6) is 11.5 Å². The molecule has 0 spiro atoms. The molecule has 0 aliphatic heterocycles. The number of benzene rings is 2. The highest BCUT2D eigenvalue weighted by Crippen LogP contribution is 2.28. The van der Waals surface area contributed by atoms with E-state index in [2.05, 4.69) is 36.8 Å². The molecular formula is C21H21BrN4O4S2. The lowest BCUT2D eigenvalue weighted by Crippen LogP contribution is -2.27. The molecule has 0 bridgehead atoms. The van der Waals surface area contributed by atoms with Crippen LogP contribution in [0.15, 0.2) is 51.3 Å². The fourth-order valence-corrected chi connectivity index (χ4v) is 4.73. The largest absolute Gasteiger partial charge is 0.493 e. The van der Waals surface area contributed by atoms with E-state index in [9.17, 15) is 9.59 Å². The van der Waals surface area contributed by atoms with Gasteiger partial charge >= 0.3 is 0 Å². The molecule has 1 aromatic heterocycles. The molecule has 0 saturated heterocycles. The van der Waals surface area contributed by atoms with Gasteiger partial charge < -0.3 is 14.8 Å². The summed E-state index contributed by atoms with van der Waals surface area (Å²) < 4.78 is 11.8. The molecular weight excluding hydrogens is 516 g/mol. The van der Waals surface area contributed by atoms with Crippen molar-refractivity contribution < 1.29 is 19.1 Å². The van der Waals surface area contributed by atoms with Crippen molar-refractivity contribution in [3.05, 3.63) is 58.1 Å². The average Bonchev–Trinajstić information content (AvgIpc) is 3.25. The Morgan fingerprint density at radius 1 is 1.09 bits per heavy atom. The molecule has 2 aromatic carbocycles. The molecule has 11 heteroatoms. The first kappa shape index (κ1) is 24.0. The lowest BCUT2D eigenvalue weighted by atomic mass is 10.1. The van der Waals surface area contributed by atoms with Crippen LogP contribution in [0.1, 0.15) is 15.9 Å². The maximum atomic E-state index is 12.3. The summed E-state index contributed by atoms with van der Waals surface area (Å²) in [5.74, 6) is 1.15. The molecule has 2 amide bonds. The molecule has 0 radical (unpaired) electrons. The first-order chi connectivity index (χ1) is 15.5. The molecule has 0 saturated carbocycles. The number of anilines is 1. The van der Waals surface area contributed by atoms with E-state index in [-0.39, 0.29) is 17.6 Å². The zero-order valence-electron chi connectivity index (χ0n) is 17.4. The Balaban J connectivity index is 1.42. The van der Waals surface area contributed by atoms with Crippen LogP contribution in [-0.2, 0) is 11.2 Å². The summed E-state index contributed by atoms with van der Waals surface area (Å²) in [5, 5.41) is 14.0. The van der Waals surface area contributed by atoms with E-state index in [1.807, 2.05) is 24.3 Å². The van der Waals surface area contributed by atoms with E-state index < -0.39 is 0 Å². The summed E-state index contributed by atoms with van der Waals surface area (Å²) in [6.07, 6.45) is 0.667. The second kappa shape index (κ2) is 11.8. The molecule has 0 atom stereocenters. The summed E-state index contributed by atoms with van der Waals surface area (Å²) in [5.41, 5.74) is 1.54. The first-order valence-electron chi connectivity index (χ1n) is 9.50. The van der Waals surface area contributed by atoms with E-state index in [4.69, 9.17) is 9.47 Å². The highest BCUT2D eigenvalue weighted by Gasteiger charge is 2.13. The minimum Gasteiger partial charge on any atom is -0.493 e. The number of rotatable bonds is 10. The smallest absolute Gasteiger partial charge is 0.258 e. The zero-order chi connectivity index (χ0) is 22.9. The van der Waals surface area contributed by atoms with Crippen LogP contribution in [0, 0.1) is 0 Å². The van der Waals surface area contributed by atoms with Gasteiger partial charge in [-0.2, -0.15) is 0 Å². The van der Waals surface area contributed by atoms with Crippen molar-refractivity contribution >= 4 is 56.0 Å². The molecule has 168 valence electrons. The minimum absolute atomic E-state index is 0.107. The quantitative estimate of drug-likeness (QED) is 0.298. The number of hydrogen-bond donors (Lipinski definition) is 2. The maximum absolute atomic E-state index is 12.3. The predicted molar refractivity (Wildman–Crippen MR) is 129 cm³/mol. The molecule has 8 nitrogen and oxygen atoms in total.